The van der Waals surface area contributed by atoms with Gasteiger partial charge in [-0.05, 0) is 50.6 Å². The van der Waals surface area contributed by atoms with Gasteiger partial charge in [-0.25, -0.2) is 14.7 Å². The van der Waals surface area contributed by atoms with Gasteiger partial charge in [0.05, 0.1) is 12.2 Å². The number of hydrogen-bond donors (Lipinski definition) is 2. The molecule has 2 aromatic carbocycles. The van der Waals surface area contributed by atoms with Gasteiger partial charge in [-0.2, -0.15) is 5.10 Å². The van der Waals surface area contributed by atoms with Crippen LogP contribution in [0.3, 0.4) is 0 Å². The standard InChI is InChI=1S/C24H33N7.HI/c1-4-26-24(27-15-14-20(2)30(3)17-22-8-6-5-7-9-22)28-16-21-10-12-23(13-11-21)31-19-25-18-29-31;/h5-13,18-20H,4,14-17H2,1-3H3,(H2,26,27,28);1H. The number of halogens is 1. The van der Waals surface area contributed by atoms with E-state index < -0.39 is 0 Å². The van der Waals surface area contributed by atoms with Crippen LogP contribution in [0.15, 0.2) is 72.2 Å². The van der Waals surface area contributed by atoms with E-state index in [0.717, 1.165) is 43.3 Å². The number of aliphatic imine (C=N–C) groups is 1. The topological polar surface area (TPSA) is 70.4 Å². The SMILES string of the molecule is CCNC(=NCc1ccc(-n2cncn2)cc1)NCCC(C)N(C)Cc1ccccc1.I. The van der Waals surface area contributed by atoms with Gasteiger partial charge in [-0.3, -0.25) is 4.90 Å². The molecule has 172 valence electrons. The molecular formula is C24H34IN7. The van der Waals surface area contributed by atoms with Crippen molar-refractivity contribution in [1.82, 2.24) is 30.3 Å². The third-order valence-corrected chi connectivity index (χ3v) is 5.27. The van der Waals surface area contributed by atoms with Gasteiger partial charge in [0.15, 0.2) is 5.96 Å². The van der Waals surface area contributed by atoms with Crippen LogP contribution in [0.4, 0.5) is 0 Å². The van der Waals surface area contributed by atoms with Crippen molar-refractivity contribution in [3.05, 3.63) is 78.4 Å². The van der Waals surface area contributed by atoms with Crippen LogP contribution in [-0.4, -0.2) is 51.8 Å². The van der Waals surface area contributed by atoms with E-state index in [1.54, 1.807) is 11.0 Å². The van der Waals surface area contributed by atoms with Crippen molar-refractivity contribution in [2.75, 3.05) is 20.1 Å². The first-order valence-corrected chi connectivity index (χ1v) is 10.9. The molecule has 3 rings (SSSR count). The minimum absolute atomic E-state index is 0. The van der Waals surface area contributed by atoms with E-state index in [1.807, 2.05) is 12.1 Å². The van der Waals surface area contributed by atoms with Crippen molar-refractivity contribution in [2.24, 2.45) is 4.99 Å². The van der Waals surface area contributed by atoms with Gasteiger partial charge in [0, 0.05) is 25.7 Å². The number of aromatic nitrogens is 3. The molecule has 1 aromatic heterocycles. The molecule has 2 N–H and O–H groups in total. The van der Waals surface area contributed by atoms with E-state index in [0.29, 0.717) is 12.6 Å². The molecule has 0 radical (unpaired) electrons. The largest absolute Gasteiger partial charge is 0.357 e. The molecule has 0 aliphatic heterocycles. The number of nitrogens with zero attached hydrogens (tertiary/aromatic N) is 5. The Morgan fingerprint density at radius 1 is 1.06 bits per heavy atom. The predicted octanol–water partition coefficient (Wildman–Crippen LogP) is 3.85. The maximum atomic E-state index is 4.73. The van der Waals surface area contributed by atoms with E-state index in [4.69, 9.17) is 4.99 Å². The van der Waals surface area contributed by atoms with Crippen molar-refractivity contribution in [1.29, 1.82) is 0 Å². The molecule has 8 heteroatoms. The third kappa shape index (κ3) is 8.23. The Kier molecular flexibility index (Phi) is 11.2. The minimum Gasteiger partial charge on any atom is -0.357 e. The van der Waals surface area contributed by atoms with Gasteiger partial charge in [-0.15, -0.1) is 24.0 Å². The number of rotatable bonds is 10. The zero-order chi connectivity index (χ0) is 21.9. The van der Waals surface area contributed by atoms with Crippen LogP contribution in [0.25, 0.3) is 5.69 Å². The van der Waals surface area contributed by atoms with Crippen LogP contribution in [0.1, 0.15) is 31.4 Å². The monoisotopic (exact) mass is 547 g/mol. The molecule has 0 amide bonds. The Labute approximate surface area is 208 Å². The van der Waals surface area contributed by atoms with Crippen molar-refractivity contribution in [3.8, 4) is 5.69 Å². The molecule has 1 unspecified atom stereocenters. The van der Waals surface area contributed by atoms with Gasteiger partial charge in [0.25, 0.3) is 0 Å². The molecule has 0 spiro atoms. The Bertz CT molecular complexity index is 911. The molecule has 1 heterocycles. The summed E-state index contributed by atoms with van der Waals surface area (Å²) >= 11 is 0. The summed E-state index contributed by atoms with van der Waals surface area (Å²) in [6.07, 6.45) is 4.27. The molecule has 0 bridgehead atoms. The maximum absolute atomic E-state index is 4.73. The van der Waals surface area contributed by atoms with Gasteiger partial charge >= 0.3 is 0 Å². The summed E-state index contributed by atoms with van der Waals surface area (Å²) in [6, 6.07) is 19.3. The molecule has 0 saturated carbocycles. The summed E-state index contributed by atoms with van der Waals surface area (Å²) in [7, 11) is 2.18. The lowest BCUT2D eigenvalue weighted by molar-refractivity contribution is 0.238. The van der Waals surface area contributed by atoms with Crippen LogP contribution in [-0.2, 0) is 13.1 Å². The van der Waals surface area contributed by atoms with E-state index in [9.17, 15) is 0 Å². The number of benzene rings is 2. The molecule has 32 heavy (non-hydrogen) atoms. The number of nitrogens with one attached hydrogen (secondary N) is 2. The summed E-state index contributed by atoms with van der Waals surface area (Å²) in [4.78, 5) is 11.1. The summed E-state index contributed by atoms with van der Waals surface area (Å²) in [5, 5.41) is 10.9. The van der Waals surface area contributed by atoms with Gasteiger partial charge < -0.3 is 10.6 Å². The molecule has 0 fully saturated rings. The second-order valence-electron chi connectivity index (χ2n) is 7.67. The fourth-order valence-corrected chi connectivity index (χ4v) is 3.25. The number of guanidine groups is 1. The molecule has 7 nitrogen and oxygen atoms in total. The first kappa shape index (κ1) is 25.8. The quantitative estimate of drug-likeness (QED) is 0.229. The average Bonchev–Trinajstić information content (AvgIpc) is 3.33. The van der Waals surface area contributed by atoms with Gasteiger partial charge in [0.2, 0.25) is 0 Å². The normalized spacial score (nSPS) is 12.3. The van der Waals surface area contributed by atoms with Gasteiger partial charge in [0.1, 0.15) is 12.7 Å². The first-order chi connectivity index (χ1) is 15.2. The van der Waals surface area contributed by atoms with Gasteiger partial charge in [-0.1, -0.05) is 42.5 Å². The second-order valence-corrected chi connectivity index (χ2v) is 7.67. The first-order valence-electron chi connectivity index (χ1n) is 10.9. The summed E-state index contributed by atoms with van der Waals surface area (Å²) in [5.41, 5.74) is 3.48. The Hall–Kier alpha value is -2.46. The molecule has 3 aromatic rings. The Morgan fingerprint density at radius 3 is 2.47 bits per heavy atom. The fraction of sp³-hybridized carbons (Fsp3) is 0.375. The lowest BCUT2D eigenvalue weighted by Crippen LogP contribution is -2.40. The summed E-state index contributed by atoms with van der Waals surface area (Å²) in [5.74, 6) is 0.848. The predicted molar refractivity (Wildman–Crippen MR) is 142 cm³/mol. The van der Waals surface area contributed by atoms with Crippen molar-refractivity contribution in [3.63, 3.8) is 0 Å². The van der Waals surface area contributed by atoms with E-state index in [1.165, 1.54) is 11.9 Å². The second kappa shape index (κ2) is 13.8. The van der Waals surface area contributed by atoms with E-state index in [2.05, 4.69) is 89.0 Å². The molecule has 0 aliphatic rings. The van der Waals surface area contributed by atoms with Crippen LogP contribution in [0, 0.1) is 0 Å². The molecule has 0 aliphatic carbocycles. The fourth-order valence-electron chi connectivity index (χ4n) is 3.25. The van der Waals surface area contributed by atoms with E-state index in [-0.39, 0.29) is 24.0 Å². The highest BCUT2D eigenvalue weighted by Gasteiger charge is 2.10. The zero-order valence-electron chi connectivity index (χ0n) is 19.1. The highest BCUT2D eigenvalue weighted by Crippen LogP contribution is 2.10. The third-order valence-electron chi connectivity index (χ3n) is 5.27. The minimum atomic E-state index is 0. The van der Waals surface area contributed by atoms with E-state index >= 15 is 0 Å². The van der Waals surface area contributed by atoms with Crippen LogP contribution >= 0.6 is 24.0 Å². The average molecular weight is 547 g/mol. The highest BCUT2D eigenvalue weighted by molar-refractivity contribution is 14.0. The maximum Gasteiger partial charge on any atom is 0.191 e. The summed E-state index contributed by atoms with van der Waals surface area (Å²) < 4.78 is 1.74. The molecular weight excluding hydrogens is 513 g/mol. The summed E-state index contributed by atoms with van der Waals surface area (Å²) in [6.45, 7) is 7.64. The highest BCUT2D eigenvalue weighted by atomic mass is 127. The lowest BCUT2D eigenvalue weighted by atomic mass is 10.1. The van der Waals surface area contributed by atoms with Crippen LogP contribution in [0.5, 0.6) is 0 Å². The van der Waals surface area contributed by atoms with Crippen molar-refractivity contribution >= 4 is 29.9 Å². The lowest BCUT2D eigenvalue weighted by Gasteiger charge is -2.25. The Balaban J connectivity index is 0.00000363. The molecule has 1 atom stereocenters. The Morgan fingerprint density at radius 2 is 1.81 bits per heavy atom. The van der Waals surface area contributed by atoms with Crippen molar-refractivity contribution in [2.45, 2.75) is 39.4 Å². The molecule has 0 saturated heterocycles. The smallest absolute Gasteiger partial charge is 0.191 e. The van der Waals surface area contributed by atoms with Crippen LogP contribution in [0.2, 0.25) is 0 Å². The van der Waals surface area contributed by atoms with Crippen molar-refractivity contribution < 1.29 is 0 Å². The number of hydrogen-bond acceptors (Lipinski definition) is 4. The zero-order valence-corrected chi connectivity index (χ0v) is 21.4. The van der Waals surface area contributed by atoms with Crippen LogP contribution < -0.4 is 10.6 Å².